The number of allylic oxidation sites excluding steroid dienone is 8. The van der Waals surface area contributed by atoms with E-state index in [4.69, 9.17) is 0 Å². The van der Waals surface area contributed by atoms with Crippen LogP contribution in [0.5, 0.6) is 0 Å². The predicted molar refractivity (Wildman–Crippen MR) is 62.1 cm³/mol. The Morgan fingerprint density at radius 2 is 1.71 bits per heavy atom. The standard InChI is InChI=1S/C14H18/c1-2-4-6-10-13(9-5-3-1)14-11-7-8-12-14/h1-5,9-10,14H,6-8,11-12H2/b3-1-,4-2-,9-5-,13-10+. The van der Waals surface area contributed by atoms with Crippen molar-refractivity contribution in [1.29, 1.82) is 0 Å². The summed E-state index contributed by atoms with van der Waals surface area (Å²) in [5, 5.41) is 0. The van der Waals surface area contributed by atoms with Crippen LogP contribution in [0.4, 0.5) is 0 Å². The minimum atomic E-state index is 0.839. The van der Waals surface area contributed by atoms with Crippen LogP contribution in [0.25, 0.3) is 0 Å². The summed E-state index contributed by atoms with van der Waals surface area (Å²) in [5.74, 6) is 0.839. The molecule has 2 aliphatic rings. The highest BCUT2D eigenvalue weighted by atomic mass is 14.2. The molecule has 0 atom stereocenters. The van der Waals surface area contributed by atoms with Crippen molar-refractivity contribution in [3.05, 3.63) is 48.1 Å². The molecule has 0 radical (unpaired) electrons. The number of hydrogen-bond acceptors (Lipinski definition) is 0. The van der Waals surface area contributed by atoms with E-state index < -0.39 is 0 Å². The molecule has 0 nitrogen and oxygen atoms in total. The van der Waals surface area contributed by atoms with E-state index in [1.54, 1.807) is 5.57 Å². The average molecular weight is 186 g/mol. The van der Waals surface area contributed by atoms with Gasteiger partial charge in [-0.3, -0.25) is 0 Å². The van der Waals surface area contributed by atoms with Crippen molar-refractivity contribution in [1.82, 2.24) is 0 Å². The van der Waals surface area contributed by atoms with E-state index in [1.165, 1.54) is 25.7 Å². The van der Waals surface area contributed by atoms with Crippen LogP contribution in [0.2, 0.25) is 0 Å². The Balaban J connectivity index is 2.10. The van der Waals surface area contributed by atoms with Gasteiger partial charge in [0.2, 0.25) is 0 Å². The van der Waals surface area contributed by atoms with Gasteiger partial charge >= 0.3 is 0 Å². The minimum Gasteiger partial charge on any atom is -0.0807 e. The zero-order valence-electron chi connectivity index (χ0n) is 8.65. The van der Waals surface area contributed by atoms with Gasteiger partial charge in [0.15, 0.2) is 0 Å². The third-order valence-electron chi connectivity index (χ3n) is 3.07. The van der Waals surface area contributed by atoms with Crippen LogP contribution >= 0.6 is 0 Å². The average Bonchev–Trinajstić information content (AvgIpc) is 2.75. The molecule has 2 aliphatic carbocycles. The Bertz CT molecular complexity index is 283. The molecule has 74 valence electrons. The minimum absolute atomic E-state index is 0.839. The lowest BCUT2D eigenvalue weighted by molar-refractivity contribution is 0.655. The Morgan fingerprint density at radius 3 is 2.57 bits per heavy atom. The van der Waals surface area contributed by atoms with Crippen LogP contribution in [0.15, 0.2) is 48.1 Å². The molecule has 1 saturated carbocycles. The Morgan fingerprint density at radius 1 is 0.929 bits per heavy atom. The fourth-order valence-electron chi connectivity index (χ4n) is 2.29. The predicted octanol–water partition coefficient (Wildman–Crippen LogP) is 4.18. The van der Waals surface area contributed by atoms with Crippen LogP contribution in [0.3, 0.4) is 0 Å². The Kier molecular flexibility index (Phi) is 3.39. The first kappa shape index (κ1) is 9.51. The van der Waals surface area contributed by atoms with E-state index in [0.29, 0.717) is 0 Å². The molecular weight excluding hydrogens is 168 g/mol. The van der Waals surface area contributed by atoms with Crippen molar-refractivity contribution in [3.8, 4) is 0 Å². The van der Waals surface area contributed by atoms with E-state index in [0.717, 1.165) is 12.3 Å². The maximum atomic E-state index is 2.38. The summed E-state index contributed by atoms with van der Waals surface area (Å²) in [4.78, 5) is 0. The molecule has 0 aliphatic heterocycles. The highest BCUT2D eigenvalue weighted by molar-refractivity contribution is 5.28. The summed E-state index contributed by atoms with van der Waals surface area (Å²) in [6.45, 7) is 0. The van der Waals surface area contributed by atoms with Gasteiger partial charge in [0.05, 0.1) is 0 Å². The molecule has 0 aromatic carbocycles. The van der Waals surface area contributed by atoms with Crippen LogP contribution in [-0.4, -0.2) is 0 Å². The fourth-order valence-corrected chi connectivity index (χ4v) is 2.29. The lowest BCUT2D eigenvalue weighted by Gasteiger charge is -2.09. The molecule has 0 bridgehead atoms. The summed E-state index contributed by atoms with van der Waals surface area (Å²) in [6.07, 6.45) is 22.1. The first-order valence-electron chi connectivity index (χ1n) is 5.67. The molecular formula is C14H18. The summed E-state index contributed by atoms with van der Waals surface area (Å²) in [5.41, 5.74) is 1.55. The van der Waals surface area contributed by atoms with Gasteiger partial charge in [-0.05, 0) is 30.8 Å². The molecule has 0 saturated heterocycles. The molecule has 0 spiro atoms. The molecule has 0 aromatic rings. The first-order valence-corrected chi connectivity index (χ1v) is 5.67. The molecule has 0 heteroatoms. The van der Waals surface area contributed by atoms with E-state index in [9.17, 15) is 0 Å². The van der Waals surface area contributed by atoms with E-state index in [-0.39, 0.29) is 0 Å². The molecule has 0 N–H and O–H groups in total. The summed E-state index contributed by atoms with van der Waals surface area (Å²) in [6, 6.07) is 0. The molecule has 0 unspecified atom stereocenters. The quantitative estimate of drug-likeness (QED) is 0.576. The van der Waals surface area contributed by atoms with Gasteiger partial charge in [-0.2, -0.15) is 0 Å². The molecule has 1 fully saturated rings. The van der Waals surface area contributed by atoms with Crippen molar-refractivity contribution in [2.24, 2.45) is 5.92 Å². The van der Waals surface area contributed by atoms with Gasteiger partial charge in [0, 0.05) is 0 Å². The highest BCUT2D eigenvalue weighted by Gasteiger charge is 2.16. The lowest BCUT2D eigenvalue weighted by atomic mass is 9.96. The second-order valence-corrected chi connectivity index (χ2v) is 4.09. The van der Waals surface area contributed by atoms with Gasteiger partial charge in [-0.25, -0.2) is 0 Å². The van der Waals surface area contributed by atoms with E-state index >= 15 is 0 Å². The van der Waals surface area contributed by atoms with Crippen molar-refractivity contribution in [2.45, 2.75) is 32.1 Å². The Labute approximate surface area is 86.7 Å². The fraction of sp³-hybridized carbons (Fsp3) is 0.429. The smallest absolute Gasteiger partial charge is 0.0160 e. The van der Waals surface area contributed by atoms with Crippen molar-refractivity contribution in [3.63, 3.8) is 0 Å². The van der Waals surface area contributed by atoms with Crippen LogP contribution in [0.1, 0.15) is 32.1 Å². The van der Waals surface area contributed by atoms with Gasteiger partial charge in [-0.1, -0.05) is 55.4 Å². The molecule has 0 heterocycles. The van der Waals surface area contributed by atoms with Crippen LogP contribution < -0.4 is 0 Å². The monoisotopic (exact) mass is 186 g/mol. The lowest BCUT2D eigenvalue weighted by Crippen LogP contribution is -1.95. The maximum absolute atomic E-state index is 2.38. The van der Waals surface area contributed by atoms with Gasteiger partial charge in [0.25, 0.3) is 0 Å². The third kappa shape index (κ3) is 2.47. The molecule has 14 heavy (non-hydrogen) atoms. The maximum Gasteiger partial charge on any atom is -0.0160 e. The zero-order valence-corrected chi connectivity index (χ0v) is 8.65. The van der Waals surface area contributed by atoms with Crippen molar-refractivity contribution < 1.29 is 0 Å². The largest absolute Gasteiger partial charge is 0.0807 e. The van der Waals surface area contributed by atoms with E-state index in [2.05, 4.69) is 42.5 Å². The summed E-state index contributed by atoms with van der Waals surface area (Å²) >= 11 is 0. The molecule has 0 amide bonds. The number of hydrogen-bond donors (Lipinski definition) is 0. The topological polar surface area (TPSA) is 0 Å². The first-order chi connectivity index (χ1) is 6.97. The van der Waals surface area contributed by atoms with Gasteiger partial charge < -0.3 is 0 Å². The zero-order chi connectivity index (χ0) is 9.64. The normalized spacial score (nSPS) is 33.6. The highest BCUT2D eigenvalue weighted by Crippen LogP contribution is 2.32. The number of rotatable bonds is 1. The Hall–Kier alpha value is -1.04. The van der Waals surface area contributed by atoms with Crippen molar-refractivity contribution in [2.75, 3.05) is 0 Å². The SMILES string of the molecule is C1=C\C=C/C(C2CCCC2)=C\C\C=C/1. The molecule has 2 rings (SSSR count). The second kappa shape index (κ2) is 4.99. The van der Waals surface area contributed by atoms with Gasteiger partial charge in [0.1, 0.15) is 0 Å². The van der Waals surface area contributed by atoms with E-state index in [1.807, 2.05) is 0 Å². The van der Waals surface area contributed by atoms with Gasteiger partial charge in [-0.15, -0.1) is 0 Å². The van der Waals surface area contributed by atoms with Crippen molar-refractivity contribution >= 4 is 0 Å². The van der Waals surface area contributed by atoms with Crippen LogP contribution in [0, 0.1) is 5.92 Å². The third-order valence-corrected chi connectivity index (χ3v) is 3.07. The second-order valence-electron chi connectivity index (χ2n) is 4.09. The molecule has 0 aromatic heterocycles. The summed E-state index contributed by atoms with van der Waals surface area (Å²) < 4.78 is 0. The van der Waals surface area contributed by atoms with Crippen LogP contribution in [-0.2, 0) is 0 Å². The summed E-state index contributed by atoms with van der Waals surface area (Å²) in [7, 11) is 0.